The second-order valence-electron chi connectivity index (χ2n) is 7.71. The Morgan fingerprint density at radius 3 is 2.20 bits per heavy atom. The van der Waals surface area contributed by atoms with E-state index in [1.807, 2.05) is 59.5 Å². The fraction of sp³-hybridized carbons (Fsp3) is 0.269. The zero-order valence-corrected chi connectivity index (χ0v) is 17.5. The monoisotopic (exact) mass is 400 g/mol. The van der Waals surface area contributed by atoms with Crippen LogP contribution in [-0.2, 0) is 6.54 Å². The molecule has 0 atom stereocenters. The Labute approximate surface area is 178 Å². The van der Waals surface area contributed by atoms with Crippen LogP contribution in [0.15, 0.2) is 78.9 Å². The van der Waals surface area contributed by atoms with Crippen molar-refractivity contribution in [2.75, 3.05) is 33.3 Å². The molecule has 0 saturated carbocycles. The summed E-state index contributed by atoms with van der Waals surface area (Å²) in [4.78, 5) is 17.4. The van der Waals surface area contributed by atoms with Gasteiger partial charge in [0.2, 0.25) is 0 Å². The number of hydrogen-bond donors (Lipinski definition) is 0. The van der Waals surface area contributed by atoms with Gasteiger partial charge < -0.3 is 9.64 Å². The predicted molar refractivity (Wildman–Crippen MR) is 121 cm³/mol. The number of carbonyl (C=O) groups excluding carboxylic acids is 1. The Bertz CT molecular complexity index is 953. The molecule has 3 aromatic rings. The minimum atomic E-state index is 0.126. The molecule has 1 aliphatic rings. The van der Waals surface area contributed by atoms with Crippen LogP contribution < -0.4 is 4.74 Å². The number of carbonyl (C=O) groups is 1. The largest absolute Gasteiger partial charge is 0.497 e. The van der Waals surface area contributed by atoms with E-state index < -0.39 is 0 Å². The number of amides is 1. The average Bonchev–Trinajstić information content (AvgIpc) is 3.05. The summed E-state index contributed by atoms with van der Waals surface area (Å²) >= 11 is 0. The first-order valence-electron chi connectivity index (χ1n) is 10.5. The second-order valence-corrected chi connectivity index (χ2v) is 7.71. The smallest absolute Gasteiger partial charge is 0.253 e. The van der Waals surface area contributed by atoms with Gasteiger partial charge in [0, 0.05) is 38.3 Å². The van der Waals surface area contributed by atoms with Gasteiger partial charge in [-0.3, -0.25) is 9.69 Å². The van der Waals surface area contributed by atoms with Crippen LogP contribution in [0.5, 0.6) is 5.75 Å². The van der Waals surface area contributed by atoms with Crippen LogP contribution in [0, 0.1) is 0 Å². The molecular formula is C26H28N2O2. The van der Waals surface area contributed by atoms with E-state index in [4.69, 9.17) is 4.74 Å². The quantitative estimate of drug-likeness (QED) is 0.622. The summed E-state index contributed by atoms with van der Waals surface area (Å²) in [6.45, 7) is 4.36. The summed E-state index contributed by atoms with van der Waals surface area (Å²) in [5.74, 6) is 1.01. The molecule has 154 valence electrons. The highest BCUT2D eigenvalue weighted by Crippen LogP contribution is 2.20. The molecule has 4 nitrogen and oxygen atoms in total. The van der Waals surface area contributed by atoms with Crippen LogP contribution in [-0.4, -0.2) is 49.0 Å². The van der Waals surface area contributed by atoms with Crippen molar-refractivity contribution in [2.45, 2.75) is 13.0 Å². The van der Waals surface area contributed by atoms with Crippen molar-refractivity contribution in [1.29, 1.82) is 0 Å². The molecule has 4 heteroatoms. The Balaban J connectivity index is 1.36. The highest BCUT2D eigenvalue weighted by atomic mass is 16.5. The lowest BCUT2D eigenvalue weighted by Crippen LogP contribution is -2.35. The third-order valence-corrected chi connectivity index (χ3v) is 5.68. The van der Waals surface area contributed by atoms with Crippen molar-refractivity contribution >= 4 is 5.91 Å². The van der Waals surface area contributed by atoms with Crippen LogP contribution in [0.4, 0.5) is 0 Å². The van der Waals surface area contributed by atoms with E-state index in [0.717, 1.165) is 56.0 Å². The van der Waals surface area contributed by atoms with E-state index in [-0.39, 0.29) is 5.91 Å². The lowest BCUT2D eigenvalue weighted by atomic mass is 10.0. The first-order chi connectivity index (χ1) is 14.7. The fourth-order valence-electron chi connectivity index (χ4n) is 3.94. The molecule has 0 aliphatic carbocycles. The molecule has 30 heavy (non-hydrogen) atoms. The van der Waals surface area contributed by atoms with E-state index in [0.29, 0.717) is 0 Å². The summed E-state index contributed by atoms with van der Waals surface area (Å²) in [6.07, 6.45) is 0.990. The van der Waals surface area contributed by atoms with Crippen LogP contribution in [0.1, 0.15) is 22.3 Å². The van der Waals surface area contributed by atoms with E-state index in [2.05, 4.69) is 29.2 Å². The molecule has 1 aliphatic heterocycles. The molecule has 1 amide bonds. The van der Waals surface area contributed by atoms with Crippen molar-refractivity contribution in [3.8, 4) is 16.9 Å². The summed E-state index contributed by atoms with van der Waals surface area (Å²) in [7, 11) is 1.69. The van der Waals surface area contributed by atoms with Crippen molar-refractivity contribution in [3.05, 3.63) is 90.0 Å². The molecule has 0 radical (unpaired) electrons. The van der Waals surface area contributed by atoms with Crippen molar-refractivity contribution in [1.82, 2.24) is 9.80 Å². The molecular weight excluding hydrogens is 372 g/mol. The minimum absolute atomic E-state index is 0.126. The molecule has 0 spiro atoms. The number of hydrogen-bond acceptors (Lipinski definition) is 3. The third-order valence-electron chi connectivity index (χ3n) is 5.68. The number of rotatable bonds is 5. The topological polar surface area (TPSA) is 32.8 Å². The lowest BCUT2D eigenvalue weighted by Gasteiger charge is -2.22. The molecule has 0 N–H and O–H groups in total. The average molecular weight is 401 g/mol. The predicted octanol–water partition coefficient (Wildman–Crippen LogP) is 4.71. The van der Waals surface area contributed by atoms with Gasteiger partial charge >= 0.3 is 0 Å². The van der Waals surface area contributed by atoms with Gasteiger partial charge in [0.05, 0.1) is 7.11 Å². The molecule has 0 aromatic heterocycles. The Morgan fingerprint density at radius 1 is 0.800 bits per heavy atom. The zero-order valence-electron chi connectivity index (χ0n) is 17.5. The van der Waals surface area contributed by atoms with Gasteiger partial charge in [-0.2, -0.15) is 0 Å². The molecule has 3 aromatic carbocycles. The highest BCUT2D eigenvalue weighted by molar-refractivity contribution is 5.94. The summed E-state index contributed by atoms with van der Waals surface area (Å²) < 4.78 is 5.24. The van der Waals surface area contributed by atoms with Crippen LogP contribution in [0.2, 0.25) is 0 Å². The third kappa shape index (κ3) is 4.89. The Morgan fingerprint density at radius 2 is 1.50 bits per heavy atom. The van der Waals surface area contributed by atoms with Crippen LogP contribution in [0.3, 0.4) is 0 Å². The van der Waals surface area contributed by atoms with Gasteiger partial charge in [-0.15, -0.1) is 0 Å². The van der Waals surface area contributed by atoms with Gasteiger partial charge in [-0.05, 0) is 47.4 Å². The maximum atomic E-state index is 13.0. The minimum Gasteiger partial charge on any atom is -0.497 e. The Kier molecular flexibility index (Phi) is 6.45. The van der Waals surface area contributed by atoms with Gasteiger partial charge in [0.1, 0.15) is 5.75 Å². The fourth-order valence-corrected chi connectivity index (χ4v) is 3.94. The molecule has 0 bridgehead atoms. The van der Waals surface area contributed by atoms with E-state index in [9.17, 15) is 4.79 Å². The molecule has 1 saturated heterocycles. The maximum absolute atomic E-state index is 13.0. The van der Waals surface area contributed by atoms with Crippen molar-refractivity contribution in [3.63, 3.8) is 0 Å². The van der Waals surface area contributed by atoms with Gasteiger partial charge in [0.15, 0.2) is 0 Å². The number of ether oxygens (including phenoxy) is 1. The highest BCUT2D eigenvalue weighted by Gasteiger charge is 2.20. The van der Waals surface area contributed by atoms with Crippen LogP contribution in [0.25, 0.3) is 11.1 Å². The van der Waals surface area contributed by atoms with E-state index in [1.165, 1.54) is 11.1 Å². The first-order valence-corrected chi connectivity index (χ1v) is 10.5. The molecule has 1 heterocycles. The SMILES string of the molecule is COc1ccc(CN2CCCN(C(=O)c3ccc(-c4ccccc4)cc3)CC2)cc1. The molecule has 0 unspecified atom stereocenters. The summed E-state index contributed by atoms with van der Waals surface area (Å²) in [5, 5.41) is 0. The second kappa shape index (κ2) is 9.59. The maximum Gasteiger partial charge on any atom is 0.253 e. The molecule has 4 rings (SSSR count). The van der Waals surface area contributed by atoms with Gasteiger partial charge in [-0.1, -0.05) is 54.6 Å². The van der Waals surface area contributed by atoms with E-state index >= 15 is 0 Å². The van der Waals surface area contributed by atoms with Crippen LogP contribution >= 0.6 is 0 Å². The zero-order chi connectivity index (χ0) is 20.8. The standard InChI is InChI=1S/C26H28N2O2/c1-30-25-14-8-21(9-15-25)20-27-16-5-17-28(19-18-27)26(29)24-12-10-23(11-13-24)22-6-3-2-4-7-22/h2-4,6-15H,5,16-20H2,1H3. The first kappa shape index (κ1) is 20.2. The van der Waals surface area contributed by atoms with E-state index in [1.54, 1.807) is 7.11 Å². The van der Waals surface area contributed by atoms with Crippen molar-refractivity contribution in [2.24, 2.45) is 0 Å². The number of nitrogens with zero attached hydrogens (tertiary/aromatic N) is 2. The number of benzene rings is 3. The lowest BCUT2D eigenvalue weighted by molar-refractivity contribution is 0.0761. The van der Waals surface area contributed by atoms with Crippen molar-refractivity contribution < 1.29 is 9.53 Å². The van der Waals surface area contributed by atoms with Gasteiger partial charge in [-0.25, -0.2) is 0 Å². The normalized spacial score (nSPS) is 14.9. The number of methoxy groups -OCH3 is 1. The summed E-state index contributed by atoms with van der Waals surface area (Å²) in [5.41, 5.74) is 4.33. The Hall–Kier alpha value is -3.11. The molecule has 1 fully saturated rings. The summed E-state index contributed by atoms with van der Waals surface area (Å²) in [6, 6.07) is 26.4. The van der Waals surface area contributed by atoms with Gasteiger partial charge in [0.25, 0.3) is 5.91 Å².